The fourth-order valence-electron chi connectivity index (χ4n) is 3.93. The van der Waals surface area contributed by atoms with Crippen LogP contribution >= 0.6 is 0 Å². The quantitative estimate of drug-likeness (QED) is 0.748. The van der Waals surface area contributed by atoms with Crippen LogP contribution in [0.25, 0.3) is 5.82 Å². The summed E-state index contributed by atoms with van der Waals surface area (Å²) in [5, 5.41) is 11.1. The van der Waals surface area contributed by atoms with E-state index in [1.165, 1.54) is 11.1 Å². The van der Waals surface area contributed by atoms with Gasteiger partial charge in [0, 0.05) is 43.3 Å². The van der Waals surface area contributed by atoms with Crippen LogP contribution in [0.3, 0.4) is 0 Å². The van der Waals surface area contributed by atoms with E-state index in [-0.39, 0.29) is 11.9 Å². The molecule has 1 amide bonds. The maximum atomic E-state index is 12.8. The molecule has 1 aliphatic rings. The highest BCUT2D eigenvalue weighted by atomic mass is 16.1. The minimum absolute atomic E-state index is 0.0462. The SMILES string of the molecule is Cc1cc(C(=O)NCC2NCCc3ccccc32)c(C)n1-c1ccn(C)n1. The van der Waals surface area contributed by atoms with Gasteiger partial charge < -0.3 is 15.2 Å². The van der Waals surface area contributed by atoms with E-state index in [0.29, 0.717) is 12.1 Å². The smallest absolute Gasteiger partial charge is 0.253 e. The fraction of sp³-hybridized carbons (Fsp3) is 0.333. The molecule has 1 atom stereocenters. The zero-order chi connectivity index (χ0) is 19.0. The Morgan fingerprint density at radius 3 is 2.89 bits per heavy atom. The summed E-state index contributed by atoms with van der Waals surface area (Å²) in [6, 6.07) is 12.5. The number of carbonyl (C=O) groups excluding carboxylic acids is 1. The molecule has 0 spiro atoms. The molecule has 2 aromatic heterocycles. The number of fused-ring (bicyclic) bond motifs is 1. The highest BCUT2D eigenvalue weighted by Crippen LogP contribution is 2.23. The van der Waals surface area contributed by atoms with E-state index >= 15 is 0 Å². The van der Waals surface area contributed by atoms with Gasteiger partial charge in [0.1, 0.15) is 0 Å². The lowest BCUT2D eigenvalue weighted by atomic mass is 9.94. The fourth-order valence-corrected chi connectivity index (χ4v) is 3.93. The van der Waals surface area contributed by atoms with Gasteiger partial charge in [0.15, 0.2) is 5.82 Å². The van der Waals surface area contributed by atoms with Gasteiger partial charge in [-0.25, -0.2) is 0 Å². The third-order valence-corrected chi connectivity index (χ3v) is 5.29. The first-order valence-electron chi connectivity index (χ1n) is 9.33. The maximum absolute atomic E-state index is 12.8. The number of amides is 1. The molecule has 1 aliphatic heterocycles. The summed E-state index contributed by atoms with van der Waals surface area (Å²) < 4.78 is 3.78. The van der Waals surface area contributed by atoms with Gasteiger partial charge in [0.05, 0.1) is 5.56 Å². The Bertz CT molecular complexity index is 984. The van der Waals surface area contributed by atoms with Crippen LogP contribution in [0.5, 0.6) is 0 Å². The van der Waals surface area contributed by atoms with Crippen molar-refractivity contribution in [1.29, 1.82) is 0 Å². The predicted molar refractivity (Wildman–Crippen MR) is 105 cm³/mol. The molecule has 0 bridgehead atoms. The molecular weight excluding hydrogens is 338 g/mol. The van der Waals surface area contributed by atoms with Crippen LogP contribution in [0, 0.1) is 13.8 Å². The minimum atomic E-state index is -0.0462. The third-order valence-electron chi connectivity index (χ3n) is 5.29. The number of aromatic nitrogens is 3. The highest BCUT2D eigenvalue weighted by molar-refractivity contribution is 5.95. The summed E-state index contributed by atoms with van der Waals surface area (Å²) >= 11 is 0. The molecule has 0 saturated heterocycles. The summed E-state index contributed by atoms with van der Waals surface area (Å²) in [7, 11) is 1.89. The van der Waals surface area contributed by atoms with Crippen LogP contribution in [-0.4, -0.2) is 33.3 Å². The standard InChI is InChI=1S/C21H25N5O/c1-14-12-18(15(2)26(14)20-9-11-25(3)24-20)21(27)23-13-19-17-7-5-4-6-16(17)8-10-22-19/h4-7,9,11-12,19,22H,8,10,13H2,1-3H3,(H,23,27). The number of hydrogen-bond acceptors (Lipinski definition) is 3. The number of nitrogens with zero attached hydrogens (tertiary/aromatic N) is 3. The average Bonchev–Trinajstić information content (AvgIpc) is 3.22. The van der Waals surface area contributed by atoms with Crippen molar-refractivity contribution in [3.63, 3.8) is 0 Å². The lowest BCUT2D eigenvalue weighted by Crippen LogP contribution is -2.38. The Balaban J connectivity index is 1.52. The van der Waals surface area contributed by atoms with Gasteiger partial charge in [-0.05, 0) is 44.0 Å². The zero-order valence-electron chi connectivity index (χ0n) is 16.0. The minimum Gasteiger partial charge on any atom is -0.350 e. The van der Waals surface area contributed by atoms with Crippen LogP contribution < -0.4 is 10.6 Å². The lowest BCUT2D eigenvalue weighted by Gasteiger charge is -2.27. The Morgan fingerprint density at radius 2 is 2.11 bits per heavy atom. The van der Waals surface area contributed by atoms with Gasteiger partial charge >= 0.3 is 0 Å². The van der Waals surface area contributed by atoms with Crippen LogP contribution in [0.2, 0.25) is 0 Å². The molecule has 4 rings (SSSR count). The summed E-state index contributed by atoms with van der Waals surface area (Å²) in [6.45, 7) is 5.47. The summed E-state index contributed by atoms with van der Waals surface area (Å²) in [6.07, 6.45) is 2.94. The predicted octanol–water partition coefficient (Wildman–Crippen LogP) is 2.44. The highest BCUT2D eigenvalue weighted by Gasteiger charge is 2.22. The van der Waals surface area contributed by atoms with Crippen molar-refractivity contribution >= 4 is 5.91 Å². The van der Waals surface area contributed by atoms with Gasteiger partial charge in [0.2, 0.25) is 0 Å². The topological polar surface area (TPSA) is 63.9 Å². The largest absolute Gasteiger partial charge is 0.350 e. The Hall–Kier alpha value is -2.86. The van der Waals surface area contributed by atoms with Gasteiger partial charge in [-0.1, -0.05) is 24.3 Å². The van der Waals surface area contributed by atoms with Crippen LogP contribution in [0.1, 0.15) is 38.9 Å². The average molecular weight is 363 g/mol. The molecule has 2 N–H and O–H groups in total. The van der Waals surface area contributed by atoms with Crippen LogP contribution in [-0.2, 0) is 13.5 Å². The van der Waals surface area contributed by atoms with Crippen molar-refractivity contribution in [2.24, 2.45) is 7.05 Å². The van der Waals surface area contributed by atoms with Gasteiger partial charge in [-0.15, -0.1) is 0 Å². The van der Waals surface area contributed by atoms with E-state index in [1.54, 1.807) is 4.68 Å². The first kappa shape index (κ1) is 17.5. The van der Waals surface area contributed by atoms with Crippen LogP contribution in [0.15, 0.2) is 42.6 Å². The first-order valence-corrected chi connectivity index (χ1v) is 9.33. The molecule has 0 radical (unpaired) electrons. The molecule has 6 nitrogen and oxygen atoms in total. The second-order valence-corrected chi connectivity index (χ2v) is 7.13. The van der Waals surface area contributed by atoms with E-state index in [9.17, 15) is 4.79 Å². The number of aryl methyl sites for hydroxylation is 2. The molecule has 0 fully saturated rings. The normalized spacial score (nSPS) is 16.2. The summed E-state index contributed by atoms with van der Waals surface area (Å²) in [5.74, 6) is 0.782. The lowest BCUT2D eigenvalue weighted by molar-refractivity contribution is 0.0948. The van der Waals surface area contributed by atoms with Crippen molar-refractivity contribution in [2.45, 2.75) is 26.3 Å². The molecule has 1 aromatic carbocycles. The third kappa shape index (κ3) is 3.28. The number of hydrogen-bond donors (Lipinski definition) is 2. The Kier molecular flexibility index (Phi) is 4.58. The molecule has 6 heteroatoms. The van der Waals surface area contributed by atoms with E-state index in [4.69, 9.17) is 0 Å². The van der Waals surface area contributed by atoms with Gasteiger partial charge in [0.25, 0.3) is 5.91 Å². The van der Waals surface area contributed by atoms with E-state index in [1.807, 2.05) is 43.8 Å². The second-order valence-electron chi connectivity index (χ2n) is 7.13. The number of rotatable bonds is 4. The van der Waals surface area contributed by atoms with Crippen molar-refractivity contribution in [3.8, 4) is 5.82 Å². The zero-order valence-corrected chi connectivity index (χ0v) is 16.0. The number of benzene rings is 1. The molecule has 3 heterocycles. The molecule has 140 valence electrons. The molecule has 1 unspecified atom stereocenters. The molecule has 27 heavy (non-hydrogen) atoms. The maximum Gasteiger partial charge on any atom is 0.253 e. The van der Waals surface area contributed by atoms with Crippen molar-refractivity contribution in [2.75, 3.05) is 13.1 Å². The van der Waals surface area contributed by atoms with Crippen molar-refractivity contribution < 1.29 is 4.79 Å². The Labute approximate surface area is 159 Å². The first-order chi connectivity index (χ1) is 13.0. The molecular formula is C21H25N5O. The second kappa shape index (κ2) is 7.04. The van der Waals surface area contributed by atoms with Gasteiger partial charge in [-0.2, -0.15) is 5.10 Å². The molecule has 0 aliphatic carbocycles. The van der Waals surface area contributed by atoms with Crippen molar-refractivity contribution in [3.05, 3.63) is 70.7 Å². The molecule has 3 aromatic rings. The van der Waals surface area contributed by atoms with E-state index < -0.39 is 0 Å². The van der Waals surface area contributed by atoms with E-state index in [0.717, 1.165) is 30.2 Å². The monoisotopic (exact) mass is 363 g/mol. The van der Waals surface area contributed by atoms with E-state index in [2.05, 4.69) is 40.0 Å². The number of nitrogens with one attached hydrogen (secondary N) is 2. The molecule has 0 saturated carbocycles. The number of carbonyl (C=O) groups is 1. The Morgan fingerprint density at radius 1 is 1.30 bits per heavy atom. The summed E-state index contributed by atoms with van der Waals surface area (Å²) in [5.41, 5.74) is 5.24. The summed E-state index contributed by atoms with van der Waals surface area (Å²) in [4.78, 5) is 12.8. The van der Waals surface area contributed by atoms with Crippen molar-refractivity contribution in [1.82, 2.24) is 25.0 Å². The van der Waals surface area contributed by atoms with Crippen LogP contribution in [0.4, 0.5) is 0 Å². The van der Waals surface area contributed by atoms with Gasteiger partial charge in [-0.3, -0.25) is 9.48 Å².